The Morgan fingerprint density at radius 3 is 2.64 bits per heavy atom. The number of ether oxygens (including phenoxy) is 2. The van der Waals surface area contributed by atoms with Crippen molar-refractivity contribution >= 4 is 0 Å². The summed E-state index contributed by atoms with van der Waals surface area (Å²) in [5.41, 5.74) is 5.85. The molecule has 2 N–H and O–H groups in total. The molecule has 0 aromatic heterocycles. The highest BCUT2D eigenvalue weighted by Gasteiger charge is 2.21. The molecular formula is C10H20N2O2. The zero-order valence-corrected chi connectivity index (χ0v) is 8.65. The van der Waals surface area contributed by atoms with E-state index in [9.17, 15) is 0 Å². The van der Waals surface area contributed by atoms with Gasteiger partial charge in [-0.2, -0.15) is 0 Å². The average Bonchev–Trinajstić information content (AvgIpc) is 2.23. The third-order valence-electron chi connectivity index (χ3n) is 2.98. The predicted molar refractivity (Wildman–Crippen MR) is 54.2 cm³/mol. The molecule has 0 amide bonds. The molecular weight excluding hydrogens is 180 g/mol. The van der Waals surface area contributed by atoms with Crippen molar-refractivity contribution in [3.05, 3.63) is 0 Å². The maximum absolute atomic E-state index is 5.85. The van der Waals surface area contributed by atoms with Gasteiger partial charge in [-0.05, 0) is 25.9 Å². The monoisotopic (exact) mass is 200 g/mol. The normalized spacial score (nSPS) is 31.9. The van der Waals surface area contributed by atoms with Gasteiger partial charge >= 0.3 is 0 Å². The minimum Gasteiger partial charge on any atom is -0.376 e. The molecule has 0 aromatic carbocycles. The number of likely N-dealkylation sites (tertiary alicyclic amines) is 1. The Balaban J connectivity index is 1.68. The van der Waals surface area contributed by atoms with Gasteiger partial charge in [-0.25, -0.2) is 0 Å². The van der Waals surface area contributed by atoms with Gasteiger partial charge < -0.3 is 20.1 Å². The van der Waals surface area contributed by atoms with E-state index in [1.807, 2.05) is 0 Å². The molecule has 1 atom stereocenters. The minimum atomic E-state index is 0.276. The van der Waals surface area contributed by atoms with E-state index in [0.717, 1.165) is 52.3 Å². The number of hydrogen-bond donors (Lipinski definition) is 1. The summed E-state index contributed by atoms with van der Waals surface area (Å²) in [6, 6.07) is 0.412. The maximum atomic E-state index is 5.85. The van der Waals surface area contributed by atoms with Crippen molar-refractivity contribution in [3.8, 4) is 0 Å². The van der Waals surface area contributed by atoms with Crippen molar-refractivity contribution in [3.63, 3.8) is 0 Å². The number of hydrogen-bond acceptors (Lipinski definition) is 4. The lowest BCUT2D eigenvalue weighted by Gasteiger charge is -2.34. The van der Waals surface area contributed by atoms with Crippen LogP contribution in [0.25, 0.3) is 0 Å². The van der Waals surface area contributed by atoms with Crippen LogP contribution in [-0.4, -0.2) is 56.5 Å². The minimum absolute atomic E-state index is 0.276. The van der Waals surface area contributed by atoms with Crippen molar-refractivity contribution in [2.24, 2.45) is 5.73 Å². The molecule has 2 aliphatic rings. The maximum Gasteiger partial charge on any atom is 0.0936 e. The molecule has 0 spiro atoms. The Kier molecular flexibility index (Phi) is 3.75. The number of nitrogens with two attached hydrogens (primary N) is 1. The second kappa shape index (κ2) is 5.07. The third-order valence-corrected chi connectivity index (χ3v) is 2.98. The summed E-state index contributed by atoms with van der Waals surface area (Å²) in [5, 5.41) is 0. The van der Waals surface area contributed by atoms with E-state index in [1.165, 1.54) is 0 Å². The van der Waals surface area contributed by atoms with Crippen LogP contribution in [0.3, 0.4) is 0 Å². The number of piperidine rings is 1. The molecule has 2 rings (SSSR count). The van der Waals surface area contributed by atoms with E-state index in [2.05, 4.69) is 4.90 Å². The SMILES string of the molecule is NC1CCN(CC2COCCO2)CC1. The molecule has 0 saturated carbocycles. The van der Waals surface area contributed by atoms with Crippen molar-refractivity contribution in [2.75, 3.05) is 39.5 Å². The molecule has 82 valence electrons. The molecule has 0 aromatic rings. The van der Waals surface area contributed by atoms with E-state index in [1.54, 1.807) is 0 Å². The van der Waals surface area contributed by atoms with Crippen molar-refractivity contribution < 1.29 is 9.47 Å². The molecule has 0 aliphatic carbocycles. The summed E-state index contributed by atoms with van der Waals surface area (Å²) < 4.78 is 11.0. The van der Waals surface area contributed by atoms with Crippen LogP contribution in [0.5, 0.6) is 0 Å². The Morgan fingerprint density at radius 1 is 1.21 bits per heavy atom. The van der Waals surface area contributed by atoms with Gasteiger partial charge in [0.2, 0.25) is 0 Å². The molecule has 0 bridgehead atoms. The van der Waals surface area contributed by atoms with Crippen LogP contribution in [0.2, 0.25) is 0 Å². The van der Waals surface area contributed by atoms with E-state index in [4.69, 9.17) is 15.2 Å². The van der Waals surface area contributed by atoms with Crippen LogP contribution < -0.4 is 5.73 Å². The lowest BCUT2D eigenvalue weighted by Crippen LogP contribution is -2.45. The highest BCUT2D eigenvalue weighted by Crippen LogP contribution is 2.10. The summed E-state index contributed by atoms with van der Waals surface area (Å²) in [6.45, 7) is 5.48. The zero-order chi connectivity index (χ0) is 9.80. The molecule has 2 fully saturated rings. The fraction of sp³-hybridized carbons (Fsp3) is 1.00. The van der Waals surface area contributed by atoms with Gasteiger partial charge in [0.1, 0.15) is 0 Å². The van der Waals surface area contributed by atoms with Gasteiger partial charge in [0.05, 0.1) is 25.9 Å². The Morgan fingerprint density at radius 2 is 2.00 bits per heavy atom. The fourth-order valence-electron chi connectivity index (χ4n) is 2.07. The van der Waals surface area contributed by atoms with Gasteiger partial charge in [-0.15, -0.1) is 0 Å². The summed E-state index contributed by atoms with van der Waals surface area (Å²) in [5.74, 6) is 0. The second-order valence-corrected chi connectivity index (χ2v) is 4.21. The van der Waals surface area contributed by atoms with E-state index >= 15 is 0 Å². The van der Waals surface area contributed by atoms with Crippen LogP contribution in [0.4, 0.5) is 0 Å². The Labute approximate surface area is 85.3 Å². The molecule has 4 nitrogen and oxygen atoms in total. The third kappa shape index (κ3) is 2.92. The average molecular weight is 200 g/mol. The number of rotatable bonds is 2. The molecule has 14 heavy (non-hydrogen) atoms. The zero-order valence-electron chi connectivity index (χ0n) is 8.65. The first-order valence-corrected chi connectivity index (χ1v) is 5.52. The summed E-state index contributed by atoms with van der Waals surface area (Å²) in [6.07, 6.45) is 2.51. The lowest BCUT2D eigenvalue weighted by molar-refractivity contribution is -0.0987. The van der Waals surface area contributed by atoms with Gasteiger partial charge in [0.15, 0.2) is 0 Å². The van der Waals surface area contributed by atoms with Crippen LogP contribution in [0, 0.1) is 0 Å². The lowest BCUT2D eigenvalue weighted by atomic mass is 10.1. The number of nitrogens with zero attached hydrogens (tertiary/aromatic N) is 1. The largest absolute Gasteiger partial charge is 0.376 e. The quantitative estimate of drug-likeness (QED) is 0.672. The molecule has 2 heterocycles. The molecule has 0 radical (unpaired) electrons. The Hall–Kier alpha value is -0.160. The summed E-state index contributed by atoms with van der Waals surface area (Å²) in [7, 11) is 0. The molecule has 1 unspecified atom stereocenters. The molecule has 2 aliphatic heterocycles. The fourth-order valence-corrected chi connectivity index (χ4v) is 2.07. The summed E-state index contributed by atoms with van der Waals surface area (Å²) in [4.78, 5) is 2.43. The smallest absolute Gasteiger partial charge is 0.0936 e. The van der Waals surface area contributed by atoms with Crippen LogP contribution in [0.15, 0.2) is 0 Å². The first kappa shape index (κ1) is 10.4. The molecule has 4 heteroatoms. The van der Waals surface area contributed by atoms with Crippen molar-refractivity contribution in [1.82, 2.24) is 4.90 Å². The van der Waals surface area contributed by atoms with Crippen molar-refractivity contribution in [1.29, 1.82) is 0 Å². The van der Waals surface area contributed by atoms with E-state index < -0.39 is 0 Å². The predicted octanol–water partition coefficient (Wildman–Crippen LogP) is -0.175. The van der Waals surface area contributed by atoms with Crippen LogP contribution >= 0.6 is 0 Å². The first-order chi connectivity index (χ1) is 6.84. The van der Waals surface area contributed by atoms with Crippen LogP contribution in [-0.2, 0) is 9.47 Å². The topological polar surface area (TPSA) is 47.7 Å². The molecule has 2 saturated heterocycles. The van der Waals surface area contributed by atoms with Gasteiger partial charge in [-0.1, -0.05) is 0 Å². The summed E-state index contributed by atoms with van der Waals surface area (Å²) >= 11 is 0. The second-order valence-electron chi connectivity index (χ2n) is 4.21. The van der Waals surface area contributed by atoms with Gasteiger partial charge in [0.25, 0.3) is 0 Å². The highest BCUT2D eigenvalue weighted by molar-refractivity contribution is 4.76. The van der Waals surface area contributed by atoms with Gasteiger partial charge in [-0.3, -0.25) is 0 Å². The van der Waals surface area contributed by atoms with Gasteiger partial charge in [0, 0.05) is 12.6 Å². The van der Waals surface area contributed by atoms with Crippen LogP contribution in [0.1, 0.15) is 12.8 Å². The van der Waals surface area contributed by atoms with Crippen molar-refractivity contribution in [2.45, 2.75) is 25.0 Å². The van der Waals surface area contributed by atoms with E-state index in [-0.39, 0.29) is 6.10 Å². The van der Waals surface area contributed by atoms with E-state index in [0.29, 0.717) is 6.04 Å². The Bertz CT molecular complexity index is 164. The highest BCUT2D eigenvalue weighted by atomic mass is 16.6. The standard InChI is InChI=1S/C10H20N2O2/c11-9-1-3-12(4-2-9)7-10-8-13-5-6-14-10/h9-10H,1-8,11H2. The first-order valence-electron chi connectivity index (χ1n) is 5.52.